The minimum atomic E-state index is -5.04. The van der Waals surface area contributed by atoms with E-state index in [4.69, 9.17) is 9.60 Å². The zero-order valence-electron chi connectivity index (χ0n) is 21.1. The first-order valence-electron chi connectivity index (χ1n) is 11.6. The van der Waals surface area contributed by atoms with E-state index in [1.165, 1.54) is 6.92 Å². The van der Waals surface area contributed by atoms with Gasteiger partial charge in [-0.3, -0.25) is 0 Å². The highest BCUT2D eigenvalue weighted by molar-refractivity contribution is 5.86. The predicted molar refractivity (Wildman–Crippen MR) is 100 cm³/mol. The molecule has 0 spiro atoms. The monoisotopic (exact) mass is 364 g/mol. The molecule has 136 valence electrons. The fourth-order valence-corrected chi connectivity index (χ4v) is 2.65. The van der Waals surface area contributed by atoms with Crippen molar-refractivity contribution < 1.29 is 22.8 Å². The summed E-state index contributed by atoms with van der Waals surface area (Å²) in [6.45, 7) is -0.774. The van der Waals surface area contributed by atoms with Crippen LogP contribution in [-0.4, -0.2) is 6.50 Å². The van der Waals surface area contributed by atoms with Gasteiger partial charge >= 0.3 is 6.18 Å². The molecule has 3 aromatic carbocycles. The number of nitrogens with one attached hydrogen (secondary N) is 1. The Bertz CT molecular complexity index is 1190. The van der Waals surface area contributed by atoms with Gasteiger partial charge in [0.2, 0.25) is 0 Å². The van der Waals surface area contributed by atoms with Crippen molar-refractivity contribution in [1.82, 2.24) is 5.32 Å². The Morgan fingerprint density at radius 2 is 1.92 bits per heavy atom. The quantitative estimate of drug-likeness (QED) is 0.554. The number of hydrogen-bond donors (Lipinski definition) is 1. The molecule has 3 aromatic rings. The van der Waals surface area contributed by atoms with Crippen LogP contribution in [0, 0.1) is 0 Å². The maximum Gasteiger partial charge on any atom is 0.416 e. The molecule has 1 nitrogen and oxygen atoms in total. The molecule has 0 aromatic heterocycles. The van der Waals surface area contributed by atoms with E-state index in [0.29, 0.717) is 5.56 Å². The highest BCUT2D eigenvalue weighted by atomic mass is 19.4. The van der Waals surface area contributed by atoms with Crippen LogP contribution in [0.25, 0.3) is 10.8 Å². The fraction of sp³-hybridized carbons (Fsp3) is 0.273. The van der Waals surface area contributed by atoms with Crippen molar-refractivity contribution in [3.05, 3.63) is 83.3 Å². The number of benzene rings is 3. The second-order valence-corrected chi connectivity index (χ2v) is 5.80. The molecule has 0 amide bonds. The van der Waals surface area contributed by atoms with Gasteiger partial charge in [0, 0.05) is 8.76 Å². The molecule has 0 aliphatic rings. The predicted octanol–water partition coefficient (Wildman–Crippen LogP) is 6.14. The van der Waals surface area contributed by atoms with Crippen LogP contribution in [-0.2, 0) is 12.6 Å². The lowest BCUT2D eigenvalue weighted by Crippen LogP contribution is -2.20. The highest BCUT2D eigenvalue weighted by Crippen LogP contribution is 2.29. The molecule has 0 heterocycles. The number of alkyl halides is 3. The first kappa shape index (κ1) is 11.4. The van der Waals surface area contributed by atoms with Crippen LogP contribution in [0.5, 0.6) is 0 Å². The van der Waals surface area contributed by atoms with Crippen LogP contribution >= 0.6 is 0 Å². The lowest BCUT2D eigenvalue weighted by atomic mass is 9.99. The van der Waals surface area contributed by atoms with E-state index in [0.717, 1.165) is 10.8 Å². The first-order valence-corrected chi connectivity index (χ1v) is 8.10. The van der Waals surface area contributed by atoms with Crippen LogP contribution in [0.4, 0.5) is 13.2 Å². The SMILES string of the molecule is [2H]c1c([2H])c(CCC([2H])([2H])N[C@]([2H])(C)c2cccc3ccccc23)c([2H])c(C(F)(F)F)c1[2H]. The topological polar surface area (TPSA) is 12.0 Å². The van der Waals surface area contributed by atoms with Gasteiger partial charge in [0.05, 0.1) is 12.4 Å². The number of rotatable bonds is 6. The summed E-state index contributed by atoms with van der Waals surface area (Å²) in [5.74, 6) is 0. The molecule has 4 heteroatoms. The summed E-state index contributed by atoms with van der Waals surface area (Å²) in [6, 6.07) is 7.04. The third-order valence-electron chi connectivity index (χ3n) is 3.93. The van der Waals surface area contributed by atoms with Crippen molar-refractivity contribution in [2.75, 3.05) is 6.50 Å². The zero-order chi connectivity index (χ0) is 24.8. The number of halogens is 3. The van der Waals surface area contributed by atoms with E-state index in [-0.39, 0.29) is 0 Å². The Balaban J connectivity index is 1.90. The molecule has 0 saturated heterocycles. The largest absolute Gasteiger partial charge is 0.416 e. The smallest absolute Gasteiger partial charge is 0.310 e. The van der Waals surface area contributed by atoms with E-state index < -0.39 is 66.8 Å². The lowest BCUT2D eigenvalue weighted by molar-refractivity contribution is -0.137. The highest BCUT2D eigenvalue weighted by Gasteiger charge is 2.30. The fourth-order valence-electron chi connectivity index (χ4n) is 2.65. The van der Waals surface area contributed by atoms with Gasteiger partial charge in [-0.1, -0.05) is 60.6 Å². The molecule has 0 unspecified atom stereocenters. The molecule has 0 aliphatic heterocycles. The molecule has 0 radical (unpaired) electrons. The van der Waals surface area contributed by atoms with Crippen LogP contribution in [0.3, 0.4) is 0 Å². The lowest BCUT2D eigenvalue weighted by Gasteiger charge is -2.17. The normalized spacial score (nSPS) is 18.7. The number of hydrogen-bond acceptors (Lipinski definition) is 1. The van der Waals surface area contributed by atoms with Crippen molar-refractivity contribution >= 4 is 10.8 Å². The Hall–Kier alpha value is -2.33. The molecule has 3 rings (SSSR count). The zero-order valence-corrected chi connectivity index (χ0v) is 14.1. The molecule has 0 aliphatic carbocycles. The van der Waals surface area contributed by atoms with E-state index in [9.17, 15) is 13.2 Å². The molecule has 0 fully saturated rings. The first-order chi connectivity index (χ1) is 15.2. The number of fused-ring (bicyclic) bond motifs is 1. The Morgan fingerprint density at radius 3 is 2.73 bits per heavy atom. The molecule has 0 bridgehead atoms. The molecule has 0 saturated carbocycles. The minimum absolute atomic E-state index is 0.446. The van der Waals surface area contributed by atoms with Crippen molar-refractivity contribution in [3.63, 3.8) is 0 Å². The van der Waals surface area contributed by atoms with E-state index >= 15 is 0 Å². The van der Waals surface area contributed by atoms with Crippen molar-refractivity contribution in [1.29, 1.82) is 0 Å². The average molecular weight is 364 g/mol. The third kappa shape index (κ3) is 4.44. The Labute approximate surface area is 161 Å². The molecule has 1 N–H and O–H groups in total. The minimum Gasteiger partial charge on any atom is -0.310 e. The molecule has 26 heavy (non-hydrogen) atoms. The summed E-state index contributed by atoms with van der Waals surface area (Å²) < 4.78 is 96.3. The second kappa shape index (κ2) is 7.92. The molecular weight excluding hydrogens is 335 g/mol. The van der Waals surface area contributed by atoms with Crippen LogP contribution in [0.2, 0.25) is 0 Å². The summed E-state index contributed by atoms with van der Waals surface area (Å²) in [5, 5.41) is 4.21. The Kier molecular flexibility index (Phi) is 3.47. The average Bonchev–Trinajstić information content (AvgIpc) is 2.70. The van der Waals surface area contributed by atoms with Gasteiger partial charge in [0.25, 0.3) is 0 Å². The summed E-state index contributed by atoms with van der Waals surface area (Å²) >= 11 is 0. The van der Waals surface area contributed by atoms with Crippen LogP contribution in [0.15, 0.2) is 66.6 Å². The molecule has 1 atom stereocenters. The van der Waals surface area contributed by atoms with E-state index in [1.807, 2.05) is 24.3 Å². The van der Waals surface area contributed by atoms with Gasteiger partial charge in [-0.2, -0.15) is 13.2 Å². The van der Waals surface area contributed by atoms with Gasteiger partial charge in [0.1, 0.15) is 0 Å². The third-order valence-corrected chi connectivity index (χ3v) is 3.93. The standard InChI is InChI=1S/C22H22F3N/c1-16(20-13-5-10-18-9-2-3-12-21(18)20)26-14-6-8-17-7-4-11-19(15-17)22(23,24)25/h2-5,7,9-13,15-16,26H,6,8,14H2,1H3/t16-/m1/s1/i4D,7D,11D,14D2,15D,16D. The van der Waals surface area contributed by atoms with Crippen molar-refractivity contribution in [2.24, 2.45) is 0 Å². The van der Waals surface area contributed by atoms with Gasteiger partial charge in [-0.15, -0.1) is 0 Å². The van der Waals surface area contributed by atoms with Gasteiger partial charge in [0.15, 0.2) is 0 Å². The Morgan fingerprint density at radius 1 is 1.15 bits per heavy atom. The summed E-state index contributed by atoms with van der Waals surface area (Å²) in [5.41, 5.74) is -1.54. The van der Waals surface area contributed by atoms with E-state index in [2.05, 4.69) is 5.32 Å². The van der Waals surface area contributed by atoms with Crippen LogP contribution < -0.4 is 5.32 Å². The van der Waals surface area contributed by atoms with Crippen molar-refractivity contribution in [2.45, 2.75) is 32.0 Å². The maximum absolute atomic E-state index is 13.3. The summed E-state index contributed by atoms with van der Waals surface area (Å²) in [7, 11) is 0. The summed E-state index contributed by atoms with van der Waals surface area (Å²) in [4.78, 5) is 0. The summed E-state index contributed by atoms with van der Waals surface area (Å²) in [6.07, 6.45) is -5.94. The van der Waals surface area contributed by atoms with Gasteiger partial charge in [-0.05, 0) is 54.2 Å². The second-order valence-electron chi connectivity index (χ2n) is 5.80. The molecular formula is C22H22F3N. The van der Waals surface area contributed by atoms with Gasteiger partial charge in [-0.25, -0.2) is 0 Å². The van der Waals surface area contributed by atoms with Gasteiger partial charge < -0.3 is 5.32 Å². The van der Waals surface area contributed by atoms with E-state index in [1.54, 1.807) is 18.2 Å². The maximum atomic E-state index is 13.3. The van der Waals surface area contributed by atoms with Crippen molar-refractivity contribution in [3.8, 4) is 0 Å². The van der Waals surface area contributed by atoms with Crippen LogP contribution in [0.1, 0.15) is 45.6 Å².